The highest BCUT2D eigenvalue weighted by atomic mass is 16.5. The first kappa shape index (κ1) is 15.3. The van der Waals surface area contributed by atoms with Gasteiger partial charge >= 0.3 is 0 Å². The first-order chi connectivity index (χ1) is 9.61. The van der Waals surface area contributed by atoms with Crippen molar-refractivity contribution in [3.8, 4) is 5.75 Å². The van der Waals surface area contributed by atoms with Gasteiger partial charge in [-0.3, -0.25) is 0 Å². The number of hydrogen-bond donors (Lipinski definition) is 1. The molecule has 1 aliphatic rings. The van der Waals surface area contributed by atoms with Crippen LogP contribution >= 0.6 is 0 Å². The fraction of sp³-hybridized carbons (Fsp3) is 0.647. The van der Waals surface area contributed by atoms with Gasteiger partial charge in [-0.1, -0.05) is 19.1 Å². The molecule has 1 N–H and O–H groups in total. The van der Waals surface area contributed by atoms with Crippen molar-refractivity contribution < 1.29 is 9.47 Å². The molecule has 1 aliphatic carbocycles. The van der Waals surface area contributed by atoms with Crippen LogP contribution in [0.3, 0.4) is 0 Å². The minimum absolute atomic E-state index is 0.272. The molecule has 3 heteroatoms. The summed E-state index contributed by atoms with van der Waals surface area (Å²) in [6, 6.07) is 6.66. The molecule has 0 spiro atoms. The number of hydrogen-bond acceptors (Lipinski definition) is 3. The third kappa shape index (κ3) is 3.15. The minimum Gasteiger partial charge on any atom is -0.496 e. The zero-order valence-electron chi connectivity index (χ0n) is 13.2. The van der Waals surface area contributed by atoms with Crippen molar-refractivity contribution in [2.75, 3.05) is 33.9 Å². The second kappa shape index (κ2) is 6.59. The average Bonchev–Trinajstić information content (AvgIpc) is 2.41. The van der Waals surface area contributed by atoms with E-state index in [1.165, 1.54) is 24.0 Å². The lowest BCUT2D eigenvalue weighted by atomic mass is 9.59. The molecule has 20 heavy (non-hydrogen) atoms. The van der Waals surface area contributed by atoms with Gasteiger partial charge in [0.05, 0.1) is 13.7 Å². The van der Waals surface area contributed by atoms with Crippen molar-refractivity contribution in [3.63, 3.8) is 0 Å². The van der Waals surface area contributed by atoms with Crippen LogP contribution in [0.4, 0.5) is 0 Å². The summed E-state index contributed by atoms with van der Waals surface area (Å²) in [7, 11) is 3.49. The number of aryl methyl sites for hydroxylation is 1. The molecule has 1 fully saturated rings. The van der Waals surface area contributed by atoms with Gasteiger partial charge in [-0.05, 0) is 42.9 Å². The molecule has 2 rings (SSSR count). The number of rotatable bonds is 7. The fourth-order valence-corrected chi connectivity index (χ4v) is 3.41. The van der Waals surface area contributed by atoms with Gasteiger partial charge in [0, 0.05) is 25.6 Å². The largest absolute Gasteiger partial charge is 0.496 e. The predicted octanol–water partition coefficient (Wildman–Crippen LogP) is 2.91. The van der Waals surface area contributed by atoms with Crippen molar-refractivity contribution in [2.45, 2.75) is 32.1 Å². The van der Waals surface area contributed by atoms with Crippen LogP contribution in [0.25, 0.3) is 0 Å². The Bertz CT molecular complexity index is 439. The van der Waals surface area contributed by atoms with Gasteiger partial charge in [-0.2, -0.15) is 0 Å². The first-order valence-electron chi connectivity index (χ1n) is 7.46. The van der Waals surface area contributed by atoms with E-state index in [1.807, 2.05) is 0 Å². The molecular weight excluding hydrogens is 250 g/mol. The van der Waals surface area contributed by atoms with Gasteiger partial charge in [0.1, 0.15) is 5.75 Å². The van der Waals surface area contributed by atoms with E-state index in [9.17, 15) is 0 Å². The Balaban J connectivity index is 2.11. The summed E-state index contributed by atoms with van der Waals surface area (Å²) in [5.41, 5.74) is 2.88. The minimum atomic E-state index is 0.272. The molecule has 0 radical (unpaired) electrons. The highest BCUT2D eigenvalue weighted by molar-refractivity contribution is 5.41. The van der Waals surface area contributed by atoms with Gasteiger partial charge < -0.3 is 14.8 Å². The molecule has 0 bridgehead atoms. The third-order valence-corrected chi connectivity index (χ3v) is 4.45. The summed E-state index contributed by atoms with van der Waals surface area (Å²) in [6.07, 6.45) is 2.50. The summed E-state index contributed by atoms with van der Waals surface area (Å²) in [6.45, 7) is 7.12. The second-order valence-corrected chi connectivity index (χ2v) is 6.15. The van der Waals surface area contributed by atoms with Gasteiger partial charge in [-0.15, -0.1) is 0 Å². The molecule has 1 aromatic rings. The average molecular weight is 277 g/mol. The molecule has 0 amide bonds. The summed E-state index contributed by atoms with van der Waals surface area (Å²) < 4.78 is 10.6. The lowest BCUT2D eigenvalue weighted by Gasteiger charge is -2.47. The molecule has 0 atom stereocenters. The lowest BCUT2D eigenvalue weighted by molar-refractivity contribution is 0.143. The summed E-state index contributed by atoms with van der Waals surface area (Å²) >= 11 is 0. The molecule has 112 valence electrons. The molecule has 0 aliphatic heterocycles. The number of methoxy groups -OCH3 is 2. The highest BCUT2D eigenvalue weighted by Gasteiger charge is 2.43. The zero-order chi connectivity index (χ0) is 14.6. The predicted molar refractivity (Wildman–Crippen MR) is 82.6 cm³/mol. The summed E-state index contributed by atoms with van der Waals surface area (Å²) in [4.78, 5) is 0. The molecular formula is C17H27NO2. The van der Waals surface area contributed by atoms with Crippen LogP contribution in [-0.2, 0) is 10.2 Å². The van der Waals surface area contributed by atoms with Crippen molar-refractivity contribution >= 4 is 0 Å². The Morgan fingerprint density at radius 3 is 2.65 bits per heavy atom. The monoisotopic (exact) mass is 277 g/mol. The quantitative estimate of drug-likeness (QED) is 0.777. The van der Waals surface area contributed by atoms with E-state index in [0.717, 1.165) is 31.4 Å². The van der Waals surface area contributed by atoms with E-state index in [4.69, 9.17) is 9.47 Å². The zero-order valence-corrected chi connectivity index (χ0v) is 13.2. The standard InChI is InChI=1S/C17H27NO2/c1-13-10-17(11-13,12-18-7-8-19-3)15-6-5-14(2)16(9-15)20-4/h5-6,9,13,18H,7-8,10-12H2,1-4H3. The molecule has 1 saturated carbocycles. The SMILES string of the molecule is COCCNCC1(c2ccc(C)c(OC)c2)CC(C)C1. The Labute approximate surface area is 122 Å². The Kier molecular flexibility index (Phi) is 5.06. The molecule has 0 aromatic heterocycles. The van der Waals surface area contributed by atoms with E-state index >= 15 is 0 Å². The lowest BCUT2D eigenvalue weighted by Crippen LogP contribution is -2.48. The topological polar surface area (TPSA) is 30.5 Å². The highest BCUT2D eigenvalue weighted by Crippen LogP contribution is 2.48. The maximum Gasteiger partial charge on any atom is 0.122 e. The van der Waals surface area contributed by atoms with Crippen molar-refractivity contribution in [1.29, 1.82) is 0 Å². The van der Waals surface area contributed by atoms with Gasteiger partial charge in [0.2, 0.25) is 0 Å². The molecule has 0 heterocycles. The number of ether oxygens (including phenoxy) is 2. The van der Waals surface area contributed by atoms with Crippen molar-refractivity contribution in [2.24, 2.45) is 5.92 Å². The van der Waals surface area contributed by atoms with Crippen LogP contribution in [0.2, 0.25) is 0 Å². The normalized spacial score (nSPS) is 25.3. The molecule has 1 aromatic carbocycles. The number of nitrogens with one attached hydrogen (secondary N) is 1. The Hall–Kier alpha value is -1.06. The van der Waals surface area contributed by atoms with Gasteiger partial charge in [0.15, 0.2) is 0 Å². The maximum atomic E-state index is 5.48. The molecule has 3 nitrogen and oxygen atoms in total. The third-order valence-electron chi connectivity index (χ3n) is 4.45. The smallest absolute Gasteiger partial charge is 0.122 e. The molecule has 0 unspecified atom stereocenters. The van der Waals surface area contributed by atoms with E-state index in [1.54, 1.807) is 14.2 Å². The summed E-state index contributed by atoms with van der Waals surface area (Å²) in [5, 5.41) is 3.53. The van der Waals surface area contributed by atoms with Crippen LogP contribution in [-0.4, -0.2) is 33.9 Å². The first-order valence-corrected chi connectivity index (χ1v) is 7.46. The van der Waals surface area contributed by atoms with Crippen LogP contribution in [0.15, 0.2) is 18.2 Å². The van der Waals surface area contributed by atoms with Crippen molar-refractivity contribution in [3.05, 3.63) is 29.3 Å². The molecule has 0 saturated heterocycles. The Morgan fingerprint density at radius 1 is 1.30 bits per heavy atom. The van der Waals surface area contributed by atoms with E-state index in [-0.39, 0.29) is 5.41 Å². The maximum absolute atomic E-state index is 5.48. The summed E-state index contributed by atoms with van der Waals surface area (Å²) in [5.74, 6) is 1.81. The van der Waals surface area contributed by atoms with Crippen LogP contribution < -0.4 is 10.1 Å². The van der Waals surface area contributed by atoms with Gasteiger partial charge in [-0.25, -0.2) is 0 Å². The van der Waals surface area contributed by atoms with Crippen LogP contribution in [0.5, 0.6) is 5.75 Å². The van der Waals surface area contributed by atoms with Crippen molar-refractivity contribution in [1.82, 2.24) is 5.32 Å². The van der Waals surface area contributed by atoms with Crippen LogP contribution in [0.1, 0.15) is 30.9 Å². The Morgan fingerprint density at radius 2 is 2.05 bits per heavy atom. The van der Waals surface area contributed by atoms with Gasteiger partial charge in [0.25, 0.3) is 0 Å². The van der Waals surface area contributed by atoms with E-state index in [2.05, 4.69) is 37.4 Å². The fourth-order valence-electron chi connectivity index (χ4n) is 3.41. The second-order valence-electron chi connectivity index (χ2n) is 6.15. The number of benzene rings is 1. The van der Waals surface area contributed by atoms with Crippen LogP contribution in [0, 0.1) is 12.8 Å². The van der Waals surface area contributed by atoms with E-state index in [0.29, 0.717) is 0 Å². The van der Waals surface area contributed by atoms with E-state index < -0.39 is 0 Å².